The number of anilines is 1. The van der Waals surface area contributed by atoms with Gasteiger partial charge in [-0.15, -0.1) is 0 Å². The molecule has 0 unspecified atom stereocenters. The molecule has 1 saturated heterocycles. The summed E-state index contributed by atoms with van der Waals surface area (Å²) in [5.41, 5.74) is 2.47. The Hall–Kier alpha value is -2.01. The molecule has 4 rings (SSSR count). The molecule has 2 atom stereocenters. The maximum absolute atomic E-state index is 13.3. The van der Waals surface area contributed by atoms with Gasteiger partial charge >= 0.3 is 6.18 Å². The summed E-state index contributed by atoms with van der Waals surface area (Å²) in [5, 5.41) is 6.87. The molecule has 0 aliphatic carbocycles. The van der Waals surface area contributed by atoms with Gasteiger partial charge in [0.1, 0.15) is 0 Å². The highest BCUT2D eigenvalue weighted by atomic mass is 19.4. The van der Waals surface area contributed by atoms with Crippen LogP contribution in [-0.4, -0.2) is 19.1 Å². The number of alkyl halides is 3. The third-order valence-corrected chi connectivity index (χ3v) is 4.82. The summed E-state index contributed by atoms with van der Waals surface area (Å²) in [7, 11) is 0. The van der Waals surface area contributed by atoms with Crippen LogP contribution in [0.1, 0.15) is 23.5 Å². The van der Waals surface area contributed by atoms with Gasteiger partial charge < -0.3 is 10.6 Å². The summed E-state index contributed by atoms with van der Waals surface area (Å²) in [4.78, 5) is 0. The van der Waals surface area contributed by atoms with Crippen molar-refractivity contribution in [1.82, 2.24) is 5.32 Å². The summed E-state index contributed by atoms with van der Waals surface area (Å²) >= 11 is 0. The van der Waals surface area contributed by atoms with E-state index in [1.807, 2.05) is 12.1 Å². The third-order valence-electron chi connectivity index (χ3n) is 4.82. The average Bonchev–Trinajstić information content (AvgIpc) is 2.92. The van der Waals surface area contributed by atoms with E-state index in [2.05, 4.69) is 10.6 Å². The van der Waals surface area contributed by atoms with Gasteiger partial charge in [0, 0.05) is 24.2 Å². The molecule has 2 aromatic carbocycles. The molecule has 2 aliphatic heterocycles. The fraction of sp³-hybridized carbons (Fsp3) is 0.333. The minimum absolute atomic E-state index is 0.245. The molecular weight excluding hydrogens is 301 g/mol. The number of fused-ring (bicyclic) bond motifs is 3. The van der Waals surface area contributed by atoms with Crippen molar-refractivity contribution in [3.8, 4) is 11.1 Å². The molecule has 0 radical (unpaired) electrons. The highest BCUT2D eigenvalue weighted by Gasteiger charge is 2.36. The van der Waals surface area contributed by atoms with Crippen LogP contribution in [0.15, 0.2) is 42.5 Å². The smallest absolute Gasteiger partial charge is 0.381 e. The minimum atomic E-state index is -4.34. The van der Waals surface area contributed by atoms with Crippen LogP contribution in [0.3, 0.4) is 0 Å². The van der Waals surface area contributed by atoms with Crippen LogP contribution in [-0.2, 0) is 6.18 Å². The van der Waals surface area contributed by atoms with Crippen molar-refractivity contribution in [2.75, 3.05) is 18.4 Å². The van der Waals surface area contributed by atoms with Gasteiger partial charge in [0.05, 0.1) is 5.56 Å². The van der Waals surface area contributed by atoms with E-state index >= 15 is 0 Å². The molecular formula is C18H17F3N2. The lowest BCUT2D eigenvalue weighted by atomic mass is 9.88. The van der Waals surface area contributed by atoms with Crippen molar-refractivity contribution in [2.45, 2.75) is 24.6 Å². The van der Waals surface area contributed by atoms with E-state index < -0.39 is 11.7 Å². The molecule has 0 amide bonds. The Morgan fingerprint density at radius 2 is 1.87 bits per heavy atom. The number of hydrogen-bond acceptors (Lipinski definition) is 2. The molecule has 0 bridgehead atoms. The fourth-order valence-corrected chi connectivity index (χ4v) is 3.71. The van der Waals surface area contributed by atoms with Crippen molar-refractivity contribution < 1.29 is 13.2 Å². The molecule has 2 N–H and O–H groups in total. The Balaban J connectivity index is 1.79. The molecule has 2 aliphatic rings. The van der Waals surface area contributed by atoms with Crippen molar-refractivity contribution in [3.63, 3.8) is 0 Å². The van der Waals surface area contributed by atoms with E-state index in [4.69, 9.17) is 0 Å². The number of benzene rings is 2. The van der Waals surface area contributed by atoms with E-state index in [1.54, 1.807) is 18.2 Å². The fourth-order valence-electron chi connectivity index (χ4n) is 3.71. The number of rotatable bonds is 1. The summed E-state index contributed by atoms with van der Waals surface area (Å²) in [6.07, 6.45) is -3.31. The third kappa shape index (κ3) is 2.49. The summed E-state index contributed by atoms with van der Waals surface area (Å²) < 4.78 is 39.8. The van der Waals surface area contributed by atoms with E-state index in [9.17, 15) is 13.2 Å². The van der Waals surface area contributed by atoms with Crippen LogP contribution in [0, 0.1) is 0 Å². The Morgan fingerprint density at radius 3 is 2.70 bits per heavy atom. The second-order valence-corrected chi connectivity index (χ2v) is 6.20. The normalized spacial score (nSPS) is 23.1. The molecule has 5 heteroatoms. The summed E-state index contributed by atoms with van der Waals surface area (Å²) in [6.45, 7) is 1.85. The highest BCUT2D eigenvalue weighted by Crippen LogP contribution is 2.42. The molecule has 0 aromatic heterocycles. The molecule has 23 heavy (non-hydrogen) atoms. The van der Waals surface area contributed by atoms with E-state index in [-0.39, 0.29) is 5.56 Å². The number of piperidine rings is 1. The van der Waals surface area contributed by atoms with Gasteiger partial charge in [-0.25, -0.2) is 0 Å². The first-order chi connectivity index (χ1) is 11.0. The largest absolute Gasteiger partial charge is 0.417 e. The van der Waals surface area contributed by atoms with Crippen molar-refractivity contribution >= 4 is 5.69 Å². The highest BCUT2D eigenvalue weighted by molar-refractivity contribution is 5.74. The predicted octanol–water partition coefficient (Wildman–Crippen LogP) is 4.24. The average molecular weight is 318 g/mol. The lowest BCUT2D eigenvalue weighted by Gasteiger charge is -2.26. The molecule has 2 heterocycles. The van der Waals surface area contributed by atoms with Gasteiger partial charge in [0.2, 0.25) is 0 Å². The zero-order chi connectivity index (χ0) is 16.0. The first kappa shape index (κ1) is 14.6. The monoisotopic (exact) mass is 318 g/mol. The van der Waals surface area contributed by atoms with Crippen LogP contribution < -0.4 is 10.6 Å². The van der Waals surface area contributed by atoms with Crippen LogP contribution in [0.5, 0.6) is 0 Å². The standard InChI is InChI=1S/C18H17F3N2/c19-18(20,21)15-4-2-1-3-12(15)11-5-6-16-13(9-11)14-10-22-8-7-17(14)23-16/h1-6,9,14,17,22-23H,7-8,10H2/t14-,17-/m0/s1. The molecule has 1 fully saturated rings. The Kier molecular flexibility index (Phi) is 3.34. The van der Waals surface area contributed by atoms with Crippen molar-refractivity contribution in [2.24, 2.45) is 0 Å². The first-order valence-corrected chi connectivity index (χ1v) is 7.82. The maximum atomic E-state index is 13.3. The van der Waals surface area contributed by atoms with Gasteiger partial charge in [0.25, 0.3) is 0 Å². The zero-order valence-corrected chi connectivity index (χ0v) is 12.5. The minimum Gasteiger partial charge on any atom is -0.381 e. The van der Waals surface area contributed by atoms with E-state index in [0.29, 0.717) is 17.5 Å². The maximum Gasteiger partial charge on any atom is 0.417 e. The Labute approximate surface area is 132 Å². The number of hydrogen-bond donors (Lipinski definition) is 2. The molecule has 2 nitrogen and oxygen atoms in total. The zero-order valence-electron chi connectivity index (χ0n) is 12.5. The second-order valence-electron chi connectivity index (χ2n) is 6.20. The second kappa shape index (κ2) is 5.27. The number of nitrogens with one attached hydrogen (secondary N) is 2. The van der Waals surface area contributed by atoms with Gasteiger partial charge in [-0.3, -0.25) is 0 Å². The van der Waals surface area contributed by atoms with Gasteiger partial charge in [0.15, 0.2) is 0 Å². The van der Waals surface area contributed by atoms with Crippen molar-refractivity contribution in [1.29, 1.82) is 0 Å². The van der Waals surface area contributed by atoms with Crippen LogP contribution in [0.2, 0.25) is 0 Å². The van der Waals surface area contributed by atoms with Gasteiger partial charge in [-0.1, -0.05) is 24.3 Å². The molecule has 0 spiro atoms. The molecule has 120 valence electrons. The SMILES string of the molecule is FC(F)(F)c1ccccc1-c1ccc2c(c1)[C@@H]1CNCC[C@@H]1N2. The van der Waals surface area contributed by atoms with Crippen LogP contribution in [0.25, 0.3) is 11.1 Å². The quantitative estimate of drug-likeness (QED) is 0.821. The summed E-state index contributed by atoms with van der Waals surface area (Å²) in [5.74, 6) is 0.330. The lowest BCUT2D eigenvalue weighted by molar-refractivity contribution is -0.137. The van der Waals surface area contributed by atoms with E-state index in [0.717, 1.165) is 36.8 Å². The molecule has 0 saturated carbocycles. The van der Waals surface area contributed by atoms with E-state index in [1.165, 1.54) is 6.07 Å². The first-order valence-electron chi connectivity index (χ1n) is 7.82. The predicted molar refractivity (Wildman–Crippen MR) is 84.5 cm³/mol. The van der Waals surface area contributed by atoms with Crippen molar-refractivity contribution in [3.05, 3.63) is 53.6 Å². The number of halogens is 3. The topological polar surface area (TPSA) is 24.1 Å². The lowest BCUT2D eigenvalue weighted by Crippen LogP contribution is -2.38. The Bertz CT molecular complexity index is 739. The Morgan fingerprint density at radius 1 is 1.04 bits per heavy atom. The molecule has 2 aromatic rings. The van der Waals surface area contributed by atoms with Gasteiger partial charge in [-0.2, -0.15) is 13.2 Å². The van der Waals surface area contributed by atoms with Crippen LogP contribution >= 0.6 is 0 Å². The van der Waals surface area contributed by atoms with Gasteiger partial charge in [-0.05, 0) is 47.9 Å². The van der Waals surface area contributed by atoms with Crippen LogP contribution in [0.4, 0.5) is 18.9 Å². The summed E-state index contributed by atoms with van der Waals surface area (Å²) in [6, 6.07) is 11.8.